The van der Waals surface area contributed by atoms with Crippen LogP contribution >= 0.6 is 11.6 Å². The number of rotatable bonds is 4. The first-order chi connectivity index (χ1) is 13.8. The highest BCUT2D eigenvalue weighted by molar-refractivity contribution is 6.33. The first-order valence-corrected chi connectivity index (χ1v) is 10.4. The van der Waals surface area contributed by atoms with Gasteiger partial charge in [-0.25, -0.2) is 0 Å². The third kappa shape index (κ3) is 4.91. The molecule has 0 unspecified atom stereocenters. The maximum atomic E-state index is 12.5. The Labute approximate surface area is 177 Å². The largest absolute Gasteiger partial charge is 0.367 e. The molecule has 3 rings (SSSR count). The molecule has 0 saturated carbocycles. The lowest BCUT2D eigenvalue weighted by atomic mass is 10.1. The van der Waals surface area contributed by atoms with E-state index < -0.39 is 0 Å². The van der Waals surface area contributed by atoms with E-state index in [1.54, 1.807) is 6.07 Å². The van der Waals surface area contributed by atoms with E-state index in [0.29, 0.717) is 29.4 Å². The molecule has 154 valence electrons. The smallest absolute Gasteiger partial charge is 0.255 e. The number of amides is 2. The number of carbonyl (C=O) groups excluding carboxylic acids is 2. The van der Waals surface area contributed by atoms with Crippen molar-refractivity contribution < 1.29 is 9.59 Å². The van der Waals surface area contributed by atoms with Gasteiger partial charge in [-0.05, 0) is 55.3 Å². The highest BCUT2D eigenvalue weighted by Crippen LogP contribution is 2.30. The molecule has 0 spiro atoms. The predicted octanol–water partition coefficient (Wildman–Crippen LogP) is 4.51. The zero-order valence-corrected chi connectivity index (χ0v) is 18.2. The van der Waals surface area contributed by atoms with Crippen molar-refractivity contribution in [2.75, 3.05) is 36.4 Å². The van der Waals surface area contributed by atoms with Crippen LogP contribution in [0, 0.1) is 19.8 Å². The van der Waals surface area contributed by atoms with Crippen LogP contribution in [-0.2, 0) is 4.79 Å². The molecule has 1 fully saturated rings. The van der Waals surface area contributed by atoms with Crippen molar-refractivity contribution >= 4 is 34.8 Å². The molecular formula is C23H28ClN3O2. The third-order valence-electron chi connectivity index (χ3n) is 5.40. The second-order valence-corrected chi connectivity index (χ2v) is 8.29. The number of halogens is 1. The van der Waals surface area contributed by atoms with Gasteiger partial charge in [-0.3, -0.25) is 9.59 Å². The van der Waals surface area contributed by atoms with E-state index in [0.717, 1.165) is 29.9 Å². The van der Waals surface area contributed by atoms with E-state index in [1.807, 2.05) is 62.9 Å². The lowest BCUT2D eigenvalue weighted by Gasteiger charge is -2.37. The zero-order chi connectivity index (χ0) is 21.1. The van der Waals surface area contributed by atoms with Crippen LogP contribution in [0.15, 0.2) is 36.4 Å². The molecule has 1 saturated heterocycles. The summed E-state index contributed by atoms with van der Waals surface area (Å²) in [6.45, 7) is 10.7. The summed E-state index contributed by atoms with van der Waals surface area (Å²) < 4.78 is 0. The lowest BCUT2D eigenvalue weighted by Crippen LogP contribution is -2.50. The standard InChI is InChI=1S/C23H28ClN3O2/c1-15(2)23(29)27-11-9-26(10-12-27)21-8-7-19(14-20(21)24)25-22(28)18-6-5-16(3)17(4)13-18/h5-8,13-15H,9-12H2,1-4H3,(H,25,28). The van der Waals surface area contributed by atoms with Gasteiger partial charge < -0.3 is 15.1 Å². The number of nitrogens with zero attached hydrogens (tertiary/aromatic N) is 2. The summed E-state index contributed by atoms with van der Waals surface area (Å²) in [5.41, 5.74) is 4.45. The number of carbonyl (C=O) groups is 2. The van der Waals surface area contributed by atoms with Crippen molar-refractivity contribution in [3.05, 3.63) is 58.1 Å². The van der Waals surface area contributed by atoms with Crippen molar-refractivity contribution in [3.63, 3.8) is 0 Å². The van der Waals surface area contributed by atoms with Gasteiger partial charge in [0, 0.05) is 43.3 Å². The first-order valence-electron chi connectivity index (χ1n) is 9.98. The average Bonchev–Trinajstić information content (AvgIpc) is 2.69. The second kappa shape index (κ2) is 8.87. The Morgan fingerprint density at radius 1 is 0.966 bits per heavy atom. The SMILES string of the molecule is Cc1ccc(C(=O)Nc2ccc(N3CCN(C(=O)C(C)C)CC3)c(Cl)c2)cc1C. The molecule has 0 aliphatic carbocycles. The van der Waals surface area contributed by atoms with Crippen LogP contribution in [0.2, 0.25) is 5.02 Å². The van der Waals surface area contributed by atoms with Gasteiger partial charge in [0.25, 0.3) is 5.91 Å². The van der Waals surface area contributed by atoms with Crippen molar-refractivity contribution in [3.8, 4) is 0 Å². The number of piperazine rings is 1. The first kappa shape index (κ1) is 21.2. The molecule has 2 amide bonds. The number of nitrogens with one attached hydrogen (secondary N) is 1. The van der Waals surface area contributed by atoms with Gasteiger partial charge in [0.05, 0.1) is 10.7 Å². The summed E-state index contributed by atoms with van der Waals surface area (Å²) >= 11 is 6.51. The number of anilines is 2. The third-order valence-corrected chi connectivity index (χ3v) is 5.70. The number of hydrogen-bond acceptors (Lipinski definition) is 3. The van der Waals surface area contributed by atoms with Gasteiger partial charge in [0.1, 0.15) is 0 Å². The predicted molar refractivity (Wildman–Crippen MR) is 119 cm³/mol. The summed E-state index contributed by atoms with van der Waals surface area (Å²) in [4.78, 5) is 28.8. The van der Waals surface area contributed by atoms with Gasteiger partial charge in [-0.2, -0.15) is 0 Å². The van der Waals surface area contributed by atoms with Crippen molar-refractivity contribution in [2.24, 2.45) is 5.92 Å². The molecule has 1 N–H and O–H groups in total. The van der Waals surface area contributed by atoms with Gasteiger partial charge >= 0.3 is 0 Å². The fourth-order valence-corrected chi connectivity index (χ4v) is 3.76. The van der Waals surface area contributed by atoms with E-state index in [2.05, 4.69) is 10.2 Å². The number of aryl methyl sites for hydroxylation is 2. The van der Waals surface area contributed by atoms with E-state index in [-0.39, 0.29) is 17.7 Å². The van der Waals surface area contributed by atoms with E-state index in [4.69, 9.17) is 11.6 Å². The van der Waals surface area contributed by atoms with Gasteiger partial charge in [-0.1, -0.05) is 31.5 Å². The summed E-state index contributed by atoms with van der Waals surface area (Å²) in [5.74, 6) is 0.0585. The van der Waals surface area contributed by atoms with Crippen LogP contribution in [0.3, 0.4) is 0 Å². The summed E-state index contributed by atoms with van der Waals surface area (Å²) in [6, 6.07) is 11.2. The molecule has 0 aromatic heterocycles. The van der Waals surface area contributed by atoms with Crippen LogP contribution in [0.4, 0.5) is 11.4 Å². The lowest BCUT2D eigenvalue weighted by molar-refractivity contribution is -0.134. The molecule has 0 atom stereocenters. The molecule has 0 radical (unpaired) electrons. The van der Waals surface area contributed by atoms with Crippen LogP contribution in [0.1, 0.15) is 35.3 Å². The Morgan fingerprint density at radius 2 is 1.66 bits per heavy atom. The second-order valence-electron chi connectivity index (χ2n) is 7.89. The minimum Gasteiger partial charge on any atom is -0.367 e. The Bertz CT molecular complexity index is 918. The Morgan fingerprint density at radius 3 is 2.24 bits per heavy atom. The molecule has 1 aliphatic rings. The maximum absolute atomic E-state index is 12.5. The minimum atomic E-state index is -0.155. The highest BCUT2D eigenvalue weighted by Gasteiger charge is 2.24. The molecule has 2 aromatic rings. The summed E-state index contributed by atoms with van der Waals surface area (Å²) in [7, 11) is 0. The average molecular weight is 414 g/mol. The van der Waals surface area contributed by atoms with Crippen molar-refractivity contribution in [2.45, 2.75) is 27.7 Å². The monoisotopic (exact) mass is 413 g/mol. The number of hydrogen-bond donors (Lipinski definition) is 1. The van der Waals surface area contributed by atoms with Crippen molar-refractivity contribution in [1.82, 2.24) is 4.90 Å². The normalized spacial score (nSPS) is 14.3. The minimum absolute atomic E-state index is 0.0188. The molecule has 1 heterocycles. The van der Waals surface area contributed by atoms with Gasteiger partial charge in [0.15, 0.2) is 0 Å². The van der Waals surface area contributed by atoms with Gasteiger partial charge in [-0.15, -0.1) is 0 Å². The van der Waals surface area contributed by atoms with Crippen LogP contribution in [0.5, 0.6) is 0 Å². The Balaban J connectivity index is 1.65. The maximum Gasteiger partial charge on any atom is 0.255 e. The van der Waals surface area contributed by atoms with Crippen LogP contribution in [-0.4, -0.2) is 42.9 Å². The molecule has 2 aromatic carbocycles. The van der Waals surface area contributed by atoms with E-state index in [9.17, 15) is 9.59 Å². The summed E-state index contributed by atoms with van der Waals surface area (Å²) in [5, 5.41) is 3.50. The van der Waals surface area contributed by atoms with Crippen molar-refractivity contribution in [1.29, 1.82) is 0 Å². The molecule has 6 heteroatoms. The molecule has 29 heavy (non-hydrogen) atoms. The van der Waals surface area contributed by atoms with E-state index >= 15 is 0 Å². The molecule has 1 aliphatic heterocycles. The quantitative estimate of drug-likeness (QED) is 0.802. The van der Waals surface area contributed by atoms with Crippen LogP contribution < -0.4 is 10.2 Å². The number of benzene rings is 2. The Hall–Kier alpha value is -2.53. The van der Waals surface area contributed by atoms with E-state index in [1.165, 1.54) is 0 Å². The fraction of sp³-hybridized carbons (Fsp3) is 0.391. The van der Waals surface area contributed by atoms with Gasteiger partial charge in [0.2, 0.25) is 5.91 Å². The fourth-order valence-electron chi connectivity index (χ4n) is 3.46. The molecule has 0 bridgehead atoms. The summed E-state index contributed by atoms with van der Waals surface area (Å²) in [6.07, 6.45) is 0. The molecule has 5 nitrogen and oxygen atoms in total. The topological polar surface area (TPSA) is 52.7 Å². The Kier molecular flexibility index (Phi) is 6.48. The highest BCUT2D eigenvalue weighted by atomic mass is 35.5. The zero-order valence-electron chi connectivity index (χ0n) is 17.5. The van der Waals surface area contributed by atoms with Crippen LogP contribution in [0.25, 0.3) is 0 Å². The molecular weight excluding hydrogens is 386 g/mol.